The molecule has 1 heterocycles. The van der Waals surface area contributed by atoms with E-state index >= 15 is 0 Å². The number of carbonyl (C=O) groups excluding carboxylic acids is 2. The summed E-state index contributed by atoms with van der Waals surface area (Å²) in [6.45, 7) is 2.36. The Hall–Kier alpha value is -3.85. The predicted molar refractivity (Wildman–Crippen MR) is 131 cm³/mol. The van der Waals surface area contributed by atoms with E-state index in [1.165, 1.54) is 35.2 Å². The lowest BCUT2D eigenvalue weighted by Crippen LogP contribution is -2.31. The standard InChI is InChI=1S/C26H26N2O6S/c1-4-28-20-16-18(25(29)27-14-13-17-9-11-21(33-2)22(15-17)34-3)10-12-24(20)35(31,32)23-8-6-5-7-19(23)26(28)30/h5-12,15-16H,4,13-14H2,1-3H3,(H,27,29). The van der Waals surface area contributed by atoms with Gasteiger partial charge in [-0.1, -0.05) is 18.2 Å². The normalized spacial score (nSPS) is 13.9. The summed E-state index contributed by atoms with van der Waals surface area (Å²) in [6.07, 6.45) is 0.556. The quantitative estimate of drug-likeness (QED) is 0.540. The van der Waals surface area contributed by atoms with Crippen LogP contribution in [0, 0.1) is 0 Å². The summed E-state index contributed by atoms with van der Waals surface area (Å²) in [5.41, 5.74) is 1.53. The molecule has 35 heavy (non-hydrogen) atoms. The Morgan fingerprint density at radius 2 is 1.69 bits per heavy atom. The number of hydrogen-bond donors (Lipinski definition) is 1. The van der Waals surface area contributed by atoms with Crippen LogP contribution in [0.25, 0.3) is 0 Å². The van der Waals surface area contributed by atoms with Crippen LogP contribution in [0.2, 0.25) is 0 Å². The second-order valence-corrected chi connectivity index (χ2v) is 9.81. The minimum atomic E-state index is -3.94. The molecule has 3 aromatic rings. The van der Waals surface area contributed by atoms with Crippen molar-refractivity contribution >= 4 is 27.3 Å². The SMILES string of the molecule is CCN1C(=O)c2ccccc2S(=O)(=O)c2ccc(C(=O)NCCc3ccc(OC)c(OC)c3)cc21. The third-order valence-electron chi connectivity index (χ3n) is 5.92. The molecule has 2 amide bonds. The average Bonchev–Trinajstić information content (AvgIpc) is 2.94. The number of nitrogens with zero attached hydrogens (tertiary/aromatic N) is 1. The Morgan fingerprint density at radius 1 is 0.943 bits per heavy atom. The summed E-state index contributed by atoms with van der Waals surface area (Å²) in [7, 11) is -0.813. The smallest absolute Gasteiger partial charge is 0.259 e. The van der Waals surface area contributed by atoms with Crippen molar-refractivity contribution in [2.24, 2.45) is 0 Å². The highest BCUT2D eigenvalue weighted by atomic mass is 32.2. The number of carbonyl (C=O) groups is 2. The molecule has 0 spiro atoms. The highest BCUT2D eigenvalue weighted by Crippen LogP contribution is 2.37. The van der Waals surface area contributed by atoms with E-state index in [-0.39, 0.29) is 39.1 Å². The maximum atomic E-state index is 13.3. The summed E-state index contributed by atoms with van der Waals surface area (Å²) in [5, 5.41) is 2.85. The fourth-order valence-electron chi connectivity index (χ4n) is 4.12. The van der Waals surface area contributed by atoms with E-state index in [9.17, 15) is 18.0 Å². The first-order chi connectivity index (χ1) is 16.8. The number of anilines is 1. The molecule has 0 aliphatic carbocycles. The van der Waals surface area contributed by atoms with Crippen molar-refractivity contribution in [3.8, 4) is 11.5 Å². The van der Waals surface area contributed by atoms with E-state index in [4.69, 9.17) is 9.47 Å². The molecule has 8 nitrogen and oxygen atoms in total. The second kappa shape index (κ2) is 9.79. The van der Waals surface area contributed by atoms with Crippen molar-refractivity contribution < 1.29 is 27.5 Å². The Kier molecular flexibility index (Phi) is 6.79. The van der Waals surface area contributed by atoms with Gasteiger partial charge in [-0.2, -0.15) is 0 Å². The molecular formula is C26H26N2O6S. The third-order valence-corrected chi connectivity index (χ3v) is 7.78. The minimum absolute atomic E-state index is 0.000437. The topological polar surface area (TPSA) is 102 Å². The van der Waals surface area contributed by atoms with E-state index in [1.54, 1.807) is 39.3 Å². The Labute approximate surface area is 204 Å². The predicted octanol–water partition coefficient (Wildman–Crippen LogP) is 3.49. The van der Waals surface area contributed by atoms with Gasteiger partial charge in [-0.05, 0) is 61.4 Å². The average molecular weight is 495 g/mol. The maximum absolute atomic E-state index is 13.3. The van der Waals surface area contributed by atoms with Crippen molar-refractivity contribution in [3.63, 3.8) is 0 Å². The van der Waals surface area contributed by atoms with Gasteiger partial charge >= 0.3 is 0 Å². The number of sulfone groups is 1. The van der Waals surface area contributed by atoms with Crippen LogP contribution in [0.1, 0.15) is 33.2 Å². The van der Waals surface area contributed by atoms with Gasteiger partial charge in [0.2, 0.25) is 9.84 Å². The van der Waals surface area contributed by atoms with Crippen LogP contribution in [-0.2, 0) is 16.3 Å². The van der Waals surface area contributed by atoms with Crippen molar-refractivity contribution in [1.29, 1.82) is 0 Å². The second-order valence-electron chi connectivity index (χ2n) is 7.93. The molecule has 0 radical (unpaired) electrons. The Bertz CT molecular complexity index is 1400. The van der Waals surface area contributed by atoms with E-state index in [2.05, 4.69) is 5.32 Å². The largest absolute Gasteiger partial charge is 0.493 e. The summed E-state index contributed by atoms with van der Waals surface area (Å²) >= 11 is 0. The number of nitrogens with one attached hydrogen (secondary N) is 1. The molecule has 1 aliphatic rings. The number of benzene rings is 3. The molecule has 3 aromatic carbocycles. The van der Waals surface area contributed by atoms with Gasteiger partial charge in [0.1, 0.15) is 0 Å². The first kappa shape index (κ1) is 24.3. The number of fused-ring (bicyclic) bond motifs is 2. The van der Waals surface area contributed by atoms with Crippen LogP contribution < -0.4 is 19.7 Å². The monoisotopic (exact) mass is 494 g/mol. The zero-order valence-electron chi connectivity index (χ0n) is 19.7. The fraction of sp³-hybridized carbons (Fsp3) is 0.231. The van der Waals surface area contributed by atoms with Gasteiger partial charge in [-0.3, -0.25) is 9.59 Å². The molecule has 1 N–H and O–H groups in total. The van der Waals surface area contributed by atoms with E-state index < -0.39 is 15.7 Å². The fourth-order valence-corrected chi connectivity index (χ4v) is 5.75. The zero-order chi connectivity index (χ0) is 25.2. The van der Waals surface area contributed by atoms with Crippen molar-refractivity contribution in [2.45, 2.75) is 23.1 Å². The van der Waals surface area contributed by atoms with E-state index in [0.717, 1.165) is 5.56 Å². The number of hydrogen-bond acceptors (Lipinski definition) is 6. The van der Waals surface area contributed by atoms with Crippen LogP contribution in [0.3, 0.4) is 0 Å². The highest BCUT2D eigenvalue weighted by molar-refractivity contribution is 7.91. The van der Waals surface area contributed by atoms with Gasteiger partial charge in [0.15, 0.2) is 11.5 Å². The molecular weight excluding hydrogens is 468 g/mol. The first-order valence-electron chi connectivity index (χ1n) is 11.1. The van der Waals surface area contributed by atoms with Gasteiger partial charge < -0.3 is 19.7 Å². The molecule has 0 atom stereocenters. The van der Waals surface area contributed by atoms with Crippen LogP contribution in [0.5, 0.6) is 11.5 Å². The van der Waals surface area contributed by atoms with Crippen LogP contribution >= 0.6 is 0 Å². The number of methoxy groups -OCH3 is 2. The molecule has 0 unspecified atom stereocenters. The zero-order valence-corrected chi connectivity index (χ0v) is 20.5. The lowest BCUT2D eigenvalue weighted by molar-refractivity contribution is 0.0950. The molecule has 0 bridgehead atoms. The third kappa shape index (κ3) is 4.46. The van der Waals surface area contributed by atoms with Crippen LogP contribution in [0.15, 0.2) is 70.5 Å². The molecule has 9 heteroatoms. The molecule has 182 valence electrons. The van der Waals surface area contributed by atoms with E-state index in [0.29, 0.717) is 24.5 Å². The van der Waals surface area contributed by atoms with Crippen molar-refractivity contribution in [3.05, 3.63) is 77.4 Å². The van der Waals surface area contributed by atoms with E-state index in [1.807, 2.05) is 12.1 Å². The molecule has 4 rings (SSSR count). The summed E-state index contributed by atoms with van der Waals surface area (Å²) < 4.78 is 37.2. The molecule has 0 fully saturated rings. The summed E-state index contributed by atoms with van der Waals surface area (Å²) in [5.74, 6) is 0.443. The Morgan fingerprint density at radius 3 is 2.40 bits per heavy atom. The number of rotatable bonds is 7. The van der Waals surface area contributed by atoms with Crippen molar-refractivity contribution in [1.82, 2.24) is 5.32 Å². The van der Waals surface area contributed by atoms with Crippen LogP contribution in [0.4, 0.5) is 5.69 Å². The van der Waals surface area contributed by atoms with Gasteiger partial charge in [0.05, 0.1) is 35.3 Å². The summed E-state index contributed by atoms with van der Waals surface area (Å²) in [6, 6.07) is 16.0. The first-order valence-corrected chi connectivity index (χ1v) is 12.6. The van der Waals surface area contributed by atoms with Gasteiger partial charge in [-0.15, -0.1) is 0 Å². The lowest BCUT2D eigenvalue weighted by atomic mass is 10.1. The van der Waals surface area contributed by atoms with Crippen molar-refractivity contribution in [2.75, 3.05) is 32.2 Å². The number of ether oxygens (including phenoxy) is 2. The van der Waals surface area contributed by atoms with Gasteiger partial charge in [0, 0.05) is 18.7 Å². The molecule has 0 saturated heterocycles. The van der Waals surface area contributed by atoms with Gasteiger partial charge in [0.25, 0.3) is 11.8 Å². The lowest BCUT2D eigenvalue weighted by Gasteiger charge is -2.21. The minimum Gasteiger partial charge on any atom is -0.493 e. The number of amides is 2. The molecule has 1 aliphatic heterocycles. The molecule has 0 aromatic heterocycles. The molecule has 0 saturated carbocycles. The highest BCUT2D eigenvalue weighted by Gasteiger charge is 2.35. The maximum Gasteiger partial charge on any atom is 0.259 e. The van der Waals surface area contributed by atoms with Gasteiger partial charge in [-0.25, -0.2) is 8.42 Å². The summed E-state index contributed by atoms with van der Waals surface area (Å²) in [4.78, 5) is 27.4. The van der Waals surface area contributed by atoms with Crippen LogP contribution in [-0.4, -0.2) is 47.5 Å². The Balaban J connectivity index is 1.58.